The van der Waals surface area contributed by atoms with Crippen LogP contribution in [0.1, 0.15) is 5.56 Å². The third-order valence-corrected chi connectivity index (χ3v) is 3.17. The minimum atomic E-state index is -1.34. The van der Waals surface area contributed by atoms with Gasteiger partial charge in [0.15, 0.2) is 0 Å². The zero-order chi connectivity index (χ0) is 20.4. The number of esters is 4. The first-order chi connectivity index (χ1) is 12.8. The lowest BCUT2D eigenvalue weighted by Gasteiger charge is -2.14. The van der Waals surface area contributed by atoms with Gasteiger partial charge in [0.2, 0.25) is 0 Å². The van der Waals surface area contributed by atoms with Crippen molar-refractivity contribution in [2.75, 3.05) is 19.7 Å². The van der Waals surface area contributed by atoms with Crippen LogP contribution < -0.4 is 27.7 Å². The first-order valence-corrected chi connectivity index (χ1v) is 7.88. The number of rotatable bonds is 9. The molecule has 11 nitrogen and oxygen atoms in total. The molecule has 0 saturated carbocycles. The average Bonchev–Trinajstić information content (AvgIpc) is 2.66. The summed E-state index contributed by atoms with van der Waals surface area (Å²) >= 11 is 0. The van der Waals surface area contributed by atoms with Gasteiger partial charge in [-0.1, -0.05) is 12.1 Å². The van der Waals surface area contributed by atoms with Crippen molar-refractivity contribution in [1.29, 1.82) is 0 Å². The van der Waals surface area contributed by atoms with Gasteiger partial charge < -0.3 is 37.1 Å². The minimum Gasteiger partial charge on any atom is -0.462 e. The minimum absolute atomic E-state index is 0.0641. The zero-order valence-corrected chi connectivity index (χ0v) is 14.5. The summed E-state index contributed by atoms with van der Waals surface area (Å²) in [7, 11) is 0. The second-order valence-corrected chi connectivity index (χ2v) is 5.37. The fourth-order valence-corrected chi connectivity index (χ4v) is 1.76. The Hall–Kier alpha value is -2.86. The van der Waals surface area contributed by atoms with Crippen molar-refractivity contribution in [1.82, 2.24) is 0 Å². The molecular weight excluding hydrogens is 360 g/mol. The van der Waals surface area contributed by atoms with Crippen molar-refractivity contribution >= 4 is 23.9 Å². The quantitative estimate of drug-likeness (QED) is 0.197. The van der Waals surface area contributed by atoms with Gasteiger partial charge in [0.1, 0.15) is 24.4 Å². The summed E-state index contributed by atoms with van der Waals surface area (Å²) in [6, 6.07) is 3.72. The molecule has 8 N–H and O–H groups in total. The maximum atomic E-state index is 11.9. The molecule has 148 valence electrons. The van der Waals surface area contributed by atoms with E-state index in [1.807, 2.05) is 0 Å². The standard InChI is InChI=1S/C16H22N4O7/c17-6-13(21)25-8-12(20)16(24)27-15(23)11(19)5-9-1-3-10(4-2-9)26-14(22)7-18/h1-4,11-12H,5-8,17-20H2/t11-,12-/m0/s1. The Morgan fingerprint density at radius 2 is 1.41 bits per heavy atom. The van der Waals surface area contributed by atoms with Crippen LogP contribution in [0, 0.1) is 0 Å². The van der Waals surface area contributed by atoms with Gasteiger partial charge in [0.25, 0.3) is 0 Å². The largest absolute Gasteiger partial charge is 0.462 e. The monoisotopic (exact) mass is 382 g/mol. The Labute approximate surface area is 154 Å². The van der Waals surface area contributed by atoms with E-state index in [2.05, 4.69) is 9.47 Å². The molecule has 1 aromatic carbocycles. The van der Waals surface area contributed by atoms with Crippen LogP contribution >= 0.6 is 0 Å². The number of carbonyl (C=O) groups is 4. The number of hydrogen-bond donors (Lipinski definition) is 4. The third kappa shape index (κ3) is 7.92. The van der Waals surface area contributed by atoms with E-state index in [-0.39, 0.29) is 19.5 Å². The maximum absolute atomic E-state index is 11.9. The molecule has 11 heteroatoms. The third-order valence-electron chi connectivity index (χ3n) is 3.17. The van der Waals surface area contributed by atoms with Crippen molar-refractivity contribution in [3.05, 3.63) is 29.8 Å². The molecule has 2 atom stereocenters. The molecule has 0 aliphatic carbocycles. The molecule has 0 fully saturated rings. The van der Waals surface area contributed by atoms with E-state index in [9.17, 15) is 19.2 Å². The lowest BCUT2D eigenvalue weighted by molar-refractivity contribution is -0.162. The molecule has 27 heavy (non-hydrogen) atoms. The number of hydrogen-bond acceptors (Lipinski definition) is 11. The van der Waals surface area contributed by atoms with Gasteiger partial charge in [0, 0.05) is 0 Å². The van der Waals surface area contributed by atoms with E-state index >= 15 is 0 Å². The zero-order valence-electron chi connectivity index (χ0n) is 14.5. The Morgan fingerprint density at radius 1 is 0.852 bits per heavy atom. The van der Waals surface area contributed by atoms with Crippen LogP contribution in [0.25, 0.3) is 0 Å². The smallest absolute Gasteiger partial charge is 0.334 e. The highest BCUT2D eigenvalue weighted by Crippen LogP contribution is 2.13. The molecule has 0 bridgehead atoms. The molecule has 0 unspecified atom stereocenters. The maximum Gasteiger partial charge on any atom is 0.334 e. The second-order valence-electron chi connectivity index (χ2n) is 5.37. The summed E-state index contributed by atoms with van der Waals surface area (Å²) in [5.41, 5.74) is 22.0. The Balaban J connectivity index is 2.50. The van der Waals surface area contributed by atoms with E-state index in [4.69, 9.17) is 27.7 Å². The second kappa shape index (κ2) is 11.0. The van der Waals surface area contributed by atoms with E-state index in [1.54, 1.807) is 12.1 Å². The molecule has 0 saturated heterocycles. The SMILES string of the molecule is NCC(=O)OC[C@H](N)C(=O)OC(=O)[C@@H](N)Cc1ccc(OC(=O)CN)cc1. The average molecular weight is 382 g/mol. The molecule has 0 heterocycles. The molecular formula is C16H22N4O7. The molecule has 0 aromatic heterocycles. The van der Waals surface area contributed by atoms with Crippen molar-refractivity contribution in [3.63, 3.8) is 0 Å². The van der Waals surface area contributed by atoms with Crippen LogP contribution in [0.3, 0.4) is 0 Å². The summed E-state index contributed by atoms with van der Waals surface area (Å²) in [5.74, 6) is -3.11. The molecule has 0 amide bonds. The Kier molecular flexibility index (Phi) is 9.02. The molecule has 1 rings (SSSR count). The van der Waals surface area contributed by atoms with Crippen LogP contribution in [-0.4, -0.2) is 55.7 Å². The first-order valence-electron chi connectivity index (χ1n) is 7.88. The van der Waals surface area contributed by atoms with Crippen LogP contribution in [-0.2, 0) is 35.1 Å². The summed E-state index contributed by atoms with van der Waals surface area (Å²) < 4.78 is 14.1. The molecule has 0 aliphatic rings. The highest BCUT2D eigenvalue weighted by Gasteiger charge is 2.24. The number of carbonyl (C=O) groups excluding carboxylic acids is 4. The lowest BCUT2D eigenvalue weighted by Crippen LogP contribution is -2.43. The fourth-order valence-electron chi connectivity index (χ4n) is 1.76. The molecule has 0 aliphatic heterocycles. The first kappa shape index (κ1) is 22.2. The van der Waals surface area contributed by atoms with Crippen molar-refractivity contribution in [3.8, 4) is 5.75 Å². The highest BCUT2D eigenvalue weighted by atomic mass is 16.6. The number of ether oxygens (including phenoxy) is 3. The van der Waals surface area contributed by atoms with E-state index in [0.29, 0.717) is 11.3 Å². The van der Waals surface area contributed by atoms with Crippen LogP contribution in [0.15, 0.2) is 24.3 Å². The van der Waals surface area contributed by atoms with Crippen molar-refractivity contribution in [2.45, 2.75) is 18.5 Å². The fraction of sp³-hybridized carbons (Fsp3) is 0.375. The number of nitrogens with two attached hydrogens (primary N) is 4. The topological polar surface area (TPSA) is 200 Å². The molecule has 0 spiro atoms. The lowest BCUT2D eigenvalue weighted by atomic mass is 10.1. The van der Waals surface area contributed by atoms with Gasteiger partial charge in [-0.3, -0.25) is 9.59 Å². The van der Waals surface area contributed by atoms with E-state index in [0.717, 1.165) is 0 Å². The van der Waals surface area contributed by atoms with Crippen molar-refractivity contribution < 1.29 is 33.4 Å². The number of benzene rings is 1. The van der Waals surface area contributed by atoms with Gasteiger partial charge >= 0.3 is 23.9 Å². The Morgan fingerprint density at radius 3 is 1.96 bits per heavy atom. The van der Waals surface area contributed by atoms with Crippen LogP contribution in [0.4, 0.5) is 0 Å². The Bertz CT molecular complexity index is 678. The van der Waals surface area contributed by atoms with Gasteiger partial charge in [-0.15, -0.1) is 0 Å². The summed E-state index contributed by atoms with van der Waals surface area (Å²) in [6.45, 7) is -1.09. The normalized spacial score (nSPS) is 12.6. The van der Waals surface area contributed by atoms with E-state index < -0.39 is 42.6 Å². The van der Waals surface area contributed by atoms with Gasteiger partial charge in [0.05, 0.1) is 13.1 Å². The molecule has 0 radical (unpaired) electrons. The van der Waals surface area contributed by atoms with Crippen LogP contribution in [0.5, 0.6) is 5.75 Å². The van der Waals surface area contributed by atoms with Crippen molar-refractivity contribution in [2.24, 2.45) is 22.9 Å². The van der Waals surface area contributed by atoms with Gasteiger partial charge in [-0.2, -0.15) is 0 Å². The summed E-state index contributed by atoms with van der Waals surface area (Å²) in [6.07, 6.45) is 0.0641. The van der Waals surface area contributed by atoms with Gasteiger partial charge in [-0.05, 0) is 24.1 Å². The van der Waals surface area contributed by atoms with Crippen LogP contribution in [0.2, 0.25) is 0 Å². The highest BCUT2D eigenvalue weighted by molar-refractivity contribution is 5.91. The van der Waals surface area contributed by atoms with E-state index in [1.165, 1.54) is 12.1 Å². The summed E-state index contributed by atoms with van der Waals surface area (Å²) in [4.78, 5) is 45.5. The molecule has 1 aromatic rings. The van der Waals surface area contributed by atoms with Gasteiger partial charge in [-0.25, -0.2) is 9.59 Å². The predicted molar refractivity (Wildman–Crippen MR) is 91.9 cm³/mol. The predicted octanol–water partition coefficient (Wildman–Crippen LogP) is -2.68. The summed E-state index contributed by atoms with van der Waals surface area (Å²) in [5, 5.41) is 0.